The van der Waals surface area contributed by atoms with Gasteiger partial charge in [-0.15, -0.1) is 0 Å². The van der Waals surface area contributed by atoms with Gasteiger partial charge >= 0.3 is 0 Å². The fraction of sp³-hybridized carbons (Fsp3) is 0. The van der Waals surface area contributed by atoms with Crippen molar-refractivity contribution in [2.75, 3.05) is 5.73 Å². The molecule has 0 aliphatic carbocycles. The second kappa shape index (κ2) is 3.89. The lowest BCUT2D eigenvalue weighted by atomic mass is 10.2. The molecule has 0 unspecified atom stereocenters. The third-order valence-corrected chi connectivity index (χ3v) is 3.15. The predicted molar refractivity (Wildman–Crippen MR) is 71.6 cm³/mol. The number of nitrogen functional groups attached to an aromatic ring is 1. The van der Waals surface area contributed by atoms with Gasteiger partial charge in [0.05, 0.1) is 4.47 Å². The van der Waals surface area contributed by atoms with Crippen LogP contribution in [0.4, 0.5) is 5.69 Å². The van der Waals surface area contributed by atoms with E-state index in [-0.39, 0.29) is 0 Å². The lowest BCUT2D eigenvalue weighted by Gasteiger charge is -1.95. The molecule has 1 heterocycles. The number of oxazole rings is 1. The van der Waals surface area contributed by atoms with Gasteiger partial charge in [0.2, 0.25) is 5.89 Å². The first kappa shape index (κ1) is 10.4. The highest BCUT2D eigenvalue weighted by Crippen LogP contribution is 2.29. The smallest absolute Gasteiger partial charge is 0.227 e. The van der Waals surface area contributed by atoms with E-state index in [1.54, 1.807) is 0 Å². The van der Waals surface area contributed by atoms with E-state index in [1.165, 1.54) is 0 Å². The number of hydrogen-bond donors (Lipinski definition) is 1. The monoisotopic (exact) mass is 288 g/mol. The van der Waals surface area contributed by atoms with Gasteiger partial charge in [-0.25, -0.2) is 4.98 Å². The normalized spacial score (nSPS) is 10.9. The summed E-state index contributed by atoms with van der Waals surface area (Å²) in [6.45, 7) is 0. The molecule has 3 aromatic rings. The van der Waals surface area contributed by atoms with Crippen LogP contribution in [0.2, 0.25) is 0 Å². The Balaban J connectivity index is 2.18. The Kier molecular flexibility index (Phi) is 2.37. The van der Waals surface area contributed by atoms with Gasteiger partial charge < -0.3 is 10.2 Å². The van der Waals surface area contributed by atoms with E-state index in [1.807, 2.05) is 42.5 Å². The van der Waals surface area contributed by atoms with Crippen LogP contribution in [0.3, 0.4) is 0 Å². The van der Waals surface area contributed by atoms with Gasteiger partial charge in [0, 0.05) is 11.3 Å². The molecule has 0 atom stereocenters. The van der Waals surface area contributed by atoms with Gasteiger partial charge in [-0.1, -0.05) is 6.07 Å². The topological polar surface area (TPSA) is 52.0 Å². The summed E-state index contributed by atoms with van der Waals surface area (Å²) in [5.41, 5.74) is 8.89. The predicted octanol–water partition coefficient (Wildman–Crippen LogP) is 3.84. The van der Waals surface area contributed by atoms with Crippen molar-refractivity contribution in [3.63, 3.8) is 0 Å². The number of rotatable bonds is 1. The molecule has 0 saturated heterocycles. The number of aromatic nitrogens is 1. The van der Waals surface area contributed by atoms with Gasteiger partial charge in [0.1, 0.15) is 5.52 Å². The standard InChI is InChI=1S/C13H9BrN2O/c14-10-2-1-3-11-12(10)17-13(16-11)8-4-6-9(15)7-5-8/h1-7H,15H2. The molecule has 0 fully saturated rings. The first-order valence-electron chi connectivity index (χ1n) is 5.15. The van der Waals surface area contributed by atoms with Crippen molar-refractivity contribution < 1.29 is 4.42 Å². The van der Waals surface area contributed by atoms with E-state index in [0.29, 0.717) is 5.89 Å². The van der Waals surface area contributed by atoms with E-state index >= 15 is 0 Å². The fourth-order valence-corrected chi connectivity index (χ4v) is 2.10. The Morgan fingerprint density at radius 2 is 1.82 bits per heavy atom. The molecule has 2 N–H and O–H groups in total. The number of halogens is 1. The van der Waals surface area contributed by atoms with E-state index in [0.717, 1.165) is 26.8 Å². The van der Waals surface area contributed by atoms with Crippen LogP contribution in [-0.2, 0) is 0 Å². The van der Waals surface area contributed by atoms with Crippen LogP contribution >= 0.6 is 15.9 Å². The van der Waals surface area contributed by atoms with Crippen molar-refractivity contribution >= 4 is 32.7 Å². The molecule has 1 aromatic heterocycles. The van der Waals surface area contributed by atoms with Crippen molar-refractivity contribution in [2.24, 2.45) is 0 Å². The zero-order valence-electron chi connectivity index (χ0n) is 8.85. The zero-order valence-corrected chi connectivity index (χ0v) is 10.4. The average Bonchev–Trinajstić information content (AvgIpc) is 2.75. The molecule has 17 heavy (non-hydrogen) atoms. The van der Waals surface area contributed by atoms with Crippen LogP contribution in [0.25, 0.3) is 22.6 Å². The number of nitrogens with zero attached hydrogens (tertiary/aromatic N) is 1. The summed E-state index contributed by atoms with van der Waals surface area (Å²) in [4.78, 5) is 4.44. The highest BCUT2D eigenvalue weighted by atomic mass is 79.9. The number of hydrogen-bond acceptors (Lipinski definition) is 3. The molecule has 0 saturated carbocycles. The molecular weight excluding hydrogens is 280 g/mol. The second-order valence-electron chi connectivity index (χ2n) is 3.73. The first-order chi connectivity index (χ1) is 8.24. The summed E-state index contributed by atoms with van der Waals surface area (Å²) in [5.74, 6) is 0.604. The molecule has 0 amide bonds. The van der Waals surface area contributed by atoms with Gasteiger partial charge in [0.25, 0.3) is 0 Å². The summed E-state index contributed by atoms with van der Waals surface area (Å²) < 4.78 is 6.63. The van der Waals surface area contributed by atoms with Gasteiger partial charge in [-0.3, -0.25) is 0 Å². The minimum absolute atomic E-state index is 0.604. The molecule has 0 radical (unpaired) electrons. The van der Waals surface area contributed by atoms with Crippen molar-refractivity contribution in [3.05, 3.63) is 46.9 Å². The van der Waals surface area contributed by atoms with Crippen LogP contribution in [0.15, 0.2) is 51.4 Å². The largest absolute Gasteiger partial charge is 0.435 e. The summed E-state index contributed by atoms with van der Waals surface area (Å²) in [6.07, 6.45) is 0. The zero-order chi connectivity index (χ0) is 11.8. The van der Waals surface area contributed by atoms with Crippen LogP contribution in [0, 0.1) is 0 Å². The number of para-hydroxylation sites is 1. The Bertz CT molecular complexity index is 673. The van der Waals surface area contributed by atoms with Crippen LogP contribution < -0.4 is 5.73 Å². The highest BCUT2D eigenvalue weighted by Gasteiger charge is 2.09. The maximum absolute atomic E-state index is 5.73. The minimum atomic E-state index is 0.604. The molecular formula is C13H9BrN2O. The van der Waals surface area contributed by atoms with Crippen LogP contribution in [-0.4, -0.2) is 4.98 Å². The van der Waals surface area contributed by atoms with Crippen molar-refractivity contribution in [2.45, 2.75) is 0 Å². The Morgan fingerprint density at radius 3 is 2.53 bits per heavy atom. The van der Waals surface area contributed by atoms with E-state index in [4.69, 9.17) is 10.2 Å². The molecule has 2 aromatic carbocycles. The van der Waals surface area contributed by atoms with Gasteiger partial charge in [-0.05, 0) is 52.3 Å². The van der Waals surface area contributed by atoms with Crippen molar-refractivity contribution in [1.29, 1.82) is 0 Å². The number of anilines is 1. The lowest BCUT2D eigenvalue weighted by molar-refractivity contribution is 0.618. The Labute approximate surface area is 106 Å². The summed E-state index contributed by atoms with van der Waals surface area (Å²) in [5, 5.41) is 0. The van der Waals surface area contributed by atoms with E-state index < -0.39 is 0 Å². The molecule has 0 aliphatic heterocycles. The summed E-state index contributed by atoms with van der Waals surface area (Å²) in [6, 6.07) is 13.2. The molecule has 3 nitrogen and oxygen atoms in total. The maximum Gasteiger partial charge on any atom is 0.227 e. The van der Waals surface area contributed by atoms with Crippen LogP contribution in [0.5, 0.6) is 0 Å². The van der Waals surface area contributed by atoms with E-state index in [9.17, 15) is 0 Å². The molecule has 0 aliphatic rings. The molecule has 0 spiro atoms. The summed E-state index contributed by atoms with van der Waals surface area (Å²) in [7, 11) is 0. The number of fused-ring (bicyclic) bond motifs is 1. The molecule has 4 heteroatoms. The van der Waals surface area contributed by atoms with Gasteiger partial charge in [0.15, 0.2) is 5.58 Å². The van der Waals surface area contributed by atoms with E-state index in [2.05, 4.69) is 20.9 Å². The third-order valence-electron chi connectivity index (χ3n) is 2.52. The SMILES string of the molecule is Nc1ccc(-c2nc3cccc(Br)c3o2)cc1. The molecule has 3 rings (SSSR count). The summed E-state index contributed by atoms with van der Waals surface area (Å²) >= 11 is 3.44. The van der Waals surface area contributed by atoms with Gasteiger partial charge in [-0.2, -0.15) is 0 Å². The fourth-order valence-electron chi connectivity index (χ4n) is 1.66. The number of nitrogens with two attached hydrogens (primary N) is 1. The molecule has 84 valence electrons. The first-order valence-corrected chi connectivity index (χ1v) is 5.94. The van der Waals surface area contributed by atoms with Crippen molar-refractivity contribution in [1.82, 2.24) is 4.98 Å². The van der Waals surface area contributed by atoms with Crippen molar-refractivity contribution in [3.8, 4) is 11.5 Å². The highest BCUT2D eigenvalue weighted by molar-refractivity contribution is 9.10. The quantitative estimate of drug-likeness (QED) is 0.692. The lowest BCUT2D eigenvalue weighted by Crippen LogP contribution is -1.83. The third kappa shape index (κ3) is 1.80. The average molecular weight is 289 g/mol. The number of benzene rings is 2. The maximum atomic E-state index is 5.73. The minimum Gasteiger partial charge on any atom is -0.435 e. The second-order valence-corrected chi connectivity index (χ2v) is 4.58. The Hall–Kier alpha value is -1.81. The molecule has 0 bridgehead atoms. The Morgan fingerprint density at radius 1 is 1.06 bits per heavy atom. The van der Waals surface area contributed by atoms with Crippen LogP contribution in [0.1, 0.15) is 0 Å².